The Morgan fingerprint density at radius 1 is 1.43 bits per heavy atom. The summed E-state index contributed by atoms with van der Waals surface area (Å²) >= 11 is 3.46. The topological polar surface area (TPSA) is 96.3 Å². The van der Waals surface area contributed by atoms with Crippen molar-refractivity contribution in [3.63, 3.8) is 0 Å². The molecule has 1 atom stereocenters. The minimum atomic E-state index is -1.05. The van der Waals surface area contributed by atoms with Crippen molar-refractivity contribution in [2.24, 2.45) is 13.0 Å². The highest BCUT2D eigenvalue weighted by Crippen LogP contribution is 2.21. The number of carbonyl (C=O) groups is 2. The lowest BCUT2D eigenvalue weighted by molar-refractivity contribution is -0.140. The molecule has 3 N–H and O–H groups in total. The van der Waals surface area contributed by atoms with Crippen molar-refractivity contribution in [1.29, 1.82) is 0 Å². The van der Waals surface area contributed by atoms with Crippen molar-refractivity contribution in [2.45, 2.75) is 39.8 Å². The van der Waals surface area contributed by atoms with Crippen LogP contribution in [0.2, 0.25) is 0 Å². The molecular formula is C13H21BrN4O3. The normalized spacial score (nSPS) is 12.3. The van der Waals surface area contributed by atoms with Crippen molar-refractivity contribution in [2.75, 3.05) is 0 Å². The minimum absolute atomic E-state index is 0.191. The number of hydrogen-bond acceptors (Lipinski definition) is 3. The van der Waals surface area contributed by atoms with E-state index >= 15 is 0 Å². The van der Waals surface area contributed by atoms with Crippen LogP contribution in [0.25, 0.3) is 0 Å². The Kier molecular flexibility index (Phi) is 6.19. The first-order valence-corrected chi connectivity index (χ1v) is 7.54. The number of urea groups is 1. The molecule has 1 heterocycles. The maximum atomic E-state index is 11.8. The third-order valence-electron chi connectivity index (χ3n) is 3.14. The number of nitrogens with one attached hydrogen (secondary N) is 2. The van der Waals surface area contributed by atoms with E-state index in [1.165, 1.54) is 0 Å². The summed E-state index contributed by atoms with van der Waals surface area (Å²) in [5, 5.41) is 18.5. The smallest absolute Gasteiger partial charge is 0.326 e. The zero-order valence-electron chi connectivity index (χ0n) is 12.6. The van der Waals surface area contributed by atoms with Crippen molar-refractivity contribution in [3.8, 4) is 0 Å². The predicted octanol–water partition coefficient (Wildman–Crippen LogP) is 1.65. The summed E-state index contributed by atoms with van der Waals surface area (Å²) in [5.41, 5.74) is 1.75. The SMILES string of the molecule is CCc1nn(C)c(CNC(=O)NC(C(=O)O)C(C)C)c1Br. The van der Waals surface area contributed by atoms with Crippen LogP contribution >= 0.6 is 15.9 Å². The molecule has 0 aliphatic carbocycles. The van der Waals surface area contributed by atoms with Crippen LogP contribution in [0.3, 0.4) is 0 Å². The highest BCUT2D eigenvalue weighted by Gasteiger charge is 2.23. The molecule has 8 heteroatoms. The maximum absolute atomic E-state index is 11.8. The highest BCUT2D eigenvalue weighted by molar-refractivity contribution is 9.10. The Morgan fingerprint density at radius 2 is 2.05 bits per heavy atom. The van der Waals surface area contributed by atoms with Gasteiger partial charge in [-0.1, -0.05) is 20.8 Å². The molecule has 118 valence electrons. The molecule has 1 rings (SSSR count). The van der Waals surface area contributed by atoms with Crippen molar-refractivity contribution >= 4 is 27.9 Å². The number of carboxylic acid groups (broad SMARTS) is 1. The standard InChI is InChI=1S/C13H21BrN4O3/c1-5-8-10(14)9(18(4)17-8)6-15-13(21)16-11(7(2)3)12(19)20/h7,11H,5-6H2,1-4H3,(H,19,20)(H2,15,16,21). The second kappa shape index (κ2) is 7.44. The Labute approximate surface area is 132 Å². The van der Waals surface area contributed by atoms with Crippen LogP contribution in [-0.2, 0) is 24.8 Å². The third kappa shape index (κ3) is 4.45. The summed E-state index contributed by atoms with van der Waals surface area (Å²) in [4.78, 5) is 22.8. The molecule has 0 bridgehead atoms. The van der Waals surface area contributed by atoms with E-state index in [0.717, 1.165) is 22.3 Å². The van der Waals surface area contributed by atoms with Gasteiger partial charge in [-0.2, -0.15) is 5.10 Å². The van der Waals surface area contributed by atoms with Crippen LogP contribution in [0.1, 0.15) is 32.2 Å². The van der Waals surface area contributed by atoms with Crippen LogP contribution in [0.15, 0.2) is 4.47 Å². The molecular weight excluding hydrogens is 340 g/mol. The van der Waals surface area contributed by atoms with E-state index in [1.807, 2.05) is 6.92 Å². The third-order valence-corrected chi connectivity index (χ3v) is 4.05. The van der Waals surface area contributed by atoms with Crippen LogP contribution in [0.4, 0.5) is 4.79 Å². The number of carboxylic acids is 1. The molecule has 0 aromatic carbocycles. The van der Waals surface area contributed by atoms with Crippen molar-refractivity contribution < 1.29 is 14.7 Å². The van der Waals surface area contributed by atoms with E-state index in [1.54, 1.807) is 25.6 Å². The van der Waals surface area contributed by atoms with E-state index in [0.29, 0.717) is 0 Å². The van der Waals surface area contributed by atoms with Gasteiger partial charge in [-0.15, -0.1) is 0 Å². The molecule has 7 nitrogen and oxygen atoms in total. The lowest BCUT2D eigenvalue weighted by atomic mass is 10.1. The fraction of sp³-hybridized carbons (Fsp3) is 0.615. The van der Waals surface area contributed by atoms with Gasteiger partial charge in [-0.05, 0) is 28.3 Å². The van der Waals surface area contributed by atoms with Gasteiger partial charge >= 0.3 is 12.0 Å². The molecule has 0 fully saturated rings. The van der Waals surface area contributed by atoms with Gasteiger partial charge in [0.1, 0.15) is 6.04 Å². The lowest BCUT2D eigenvalue weighted by Gasteiger charge is -2.18. The zero-order valence-corrected chi connectivity index (χ0v) is 14.2. The largest absolute Gasteiger partial charge is 0.480 e. The van der Waals surface area contributed by atoms with E-state index < -0.39 is 18.0 Å². The average Bonchev–Trinajstić information content (AvgIpc) is 2.67. The molecule has 0 aliphatic rings. The highest BCUT2D eigenvalue weighted by atomic mass is 79.9. The monoisotopic (exact) mass is 360 g/mol. The molecule has 2 amide bonds. The zero-order chi connectivity index (χ0) is 16.2. The maximum Gasteiger partial charge on any atom is 0.326 e. The number of nitrogens with zero attached hydrogens (tertiary/aromatic N) is 2. The van der Waals surface area contributed by atoms with Gasteiger partial charge in [0.2, 0.25) is 0 Å². The summed E-state index contributed by atoms with van der Waals surface area (Å²) in [6.45, 7) is 5.74. The summed E-state index contributed by atoms with van der Waals surface area (Å²) in [7, 11) is 1.80. The van der Waals surface area contributed by atoms with Crippen molar-refractivity contribution in [1.82, 2.24) is 20.4 Å². The Hall–Kier alpha value is -1.57. The summed E-state index contributed by atoms with van der Waals surface area (Å²) in [5.74, 6) is -1.24. The second-order valence-electron chi connectivity index (χ2n) is 5.07. The summed E-state index contributed by atoms with van der Waals surface area (Å²) in [6, 6.07) is -1.42. The minimum Gasteiger partial charge on any atom is -0.480 e. The number of carbonyl (C=O) groups excluding carboxylic acids is 1. The molecule has 0 saturated heterocycles. The average molecular weight is 361 g/mol. The van der Waals surface area contributed by atoms with Gasteiger partial charge in [0.05, 0.1) is 22.4 Å². The fourth-order valence-electron chi connectivity index (χ4n) is 1.88. The van der Waals surface area contributed by atoms with Crippen LogP contribution in [-0.4, -0.2) is 32.9 Å². The molecule has 1 aromatic heterocycles. The van der Waals surface area contributed by atoms with Gasteiger partial charge in [0.15, 0.2) is 0 Å². The lowest BCUT2D eigenvalue weighted by Crippen LogP contribution is -2.48. The number of halogens is 1. The van der Waals surface area contributed by atoms with Gasteiger partial charge < -0.3 is 15.7 Å². The first kappa shape index (κ1) is 17.5. The van der Waals surface area contributed by atoms with Gasteiger partial charge in [-0.25, -0.2) is 9.59 Å². The molecule has 0 saturated carbocycles. The van der Waals surface area contributed by atoms with E-state index in [-0.39, 0.29) is 12.5 Å². The first-order valence-electron chi connectivity index (χ1n) is 6.75. The molecule has 1 unspecified atom stereocenters. The predicted molar refractivity (Wildman–Crippen MR) is 81.9 cm³/mol. The van der Waals surface area contributed by atoms with Gasteiger partial charge in [0.25, 0.3) is 0 Å². The van der Waals surface area contributed by atoms with Gasteiger partial charge in [-0.3, -0.25) is 4.68 Å². The number of hydrogen-bond donors (Lipinski definition) is 3. The first-order chi connectivity index (χ1) is 9.77. The molecule has 1 aromatic rings. The molecule has 0 aliphatic heterocycles. The van der Waals surface area contributed by atoms with Crippen molar-refractivity contribution in [3.05, 3.63) is 15.9 Å². The van der Waals surface area contributed by atoms with E-state index in [2.05, 4.69) is 31.7 Å². The number of amides is 2. The summed E-state index contributed by atoms with van der Waals surface area (Å²) < 4.78 is 2.56. The molecule has 21 heavy (non-hydrogen) atoms. The second-order valence-corrected chi connectivity index (χ2v) is 5.86. The Bertz CT molecular complexity index is 528. The van der Waals surface area contributed by atoms with E-state index in [4.69, 9.17) is 5.11 Å². The van der Waals surface area contributed by atoms with Crippen LogP contribution < -0.4 is 10.6 Å². The molecule has 0 spiro atoms. The molecule has 0 radical (unpaired) electrons. The summed E-state index contributed by atoms with van der Waals surface area (Å²) in [6.07, 6.45) is 0.787. The quantitative estimate of drug-likeness (QED) is 0.718. The number of aromatic nitrogens is 2. The Morgan fingerprint density at radius 3 is 2.48 bits per heavy atom. The van der Waals surface area contributed by atoms with Gasteiger partial charge in [0, 0.05) is 7.05 Å². The van der Waals surface area contributed by atoms with Crippen LogP contribution in [0.5, 0.6) is 0 Å². The van der Waals surface area contributed by atoms with Crippen LogP contribution in [0, 0.1) is 5.92 Å². The number of rotatable bonds is 6. The number of aliphatic carboxylic acids is 1. The fourth-order valence-corrected chi connectivity index (χ4v) is 2.64. The number of aryl methyl sites for hydroxylation is 2. The Balaban J connectivity index is 2.65. The van der Waals surface area contributed by atoms with E-state index in [9.17, 15) is 9.59 Å².